The van der Waals surface area contributed by atoms with Gasteiger partial charge in [0.15, 0.2) is 5.69 Å². The van der Waals surface area contributed by atoms with Crippen LogP contribution in [-0.4, -0.2) is 14.8 Å². The predicted molar refractivity (Wildman–Crippen MR) is 86.5 cm³/mol. The zero-order valence-corrected chi connectivity index (χ0v) is 12.5. The number of nitrogens with one attached hydrogen (secondary N) is 1. The molecule has 0 unspecified atom stereocenters. The molecule has 24 heavy (non-hydrogen) atoms. The summed E-state index contributed by atoms with van der Waals surface area (Å²) in [6.07, 6.45) is 0. The molecular weight excluding hydrogens is 308 g/mol. The first-order valence-corrected chi connectivity index (χ1v) is 6.84. The molecule has 0 saturated heterocycles. The van der Waals surface area contributed by atoms with E-state index in [4.69, 9.17) is 11.0 Å². The zero-order valence-electron chi connectivity index (χ0n) is 12.5. The third-order valence-corrected chi connectivity index (χ3v) is 3.59. The highest BCUT2D eigenvalue weighted by molar-refractivity contribution is 5.94. The monoisotopic (exact) mass is 318 g/mol. The van der Waals surface area contributed by atoms with E-state index in [1.807, 2.05) is 13.0 Å². The molecule has 0 saturated carbocycles. The Morgan fingerprint density at radius 1 is 1.17 bits per heavy atom. The Morgan fingerprint density at radius 2 is 1.83 bits per heavy atom. The third kappa shape index (κ3) is 2.11. The van der Waals surface area contributed by atoms with Crippen molar-refractivity contribution in [1.82, 2.24) is 14.8 Å². The number of aromatic nitrogens is 3. The summed E-state index contributed by atoms with van der Waals surface area (Å²) < 4.78 is 1.02. The highest BCUT2D eigenvalue weighted by Crippen LogP contribution is 2.19. The molecule has 0 aliphatic rings. The lowest BCUT2D eigenvalue weighted by atomic mass is 10.1. The second kappa shape index (κ2) is 5.38. The fraction of sp³-hybridized carbons (Fsp3) is 0.0625. The second-order valence-electron chi connectivity index (χ2n) is 5.12. The van der Waals surface area contributed by atoms with Crippen LogP contribution in [-0.2, 0) is 0 Å². The standard InChI is InChI=1S/C16H10N6O2/c1-8-2-4-9(5-3-8)22-16(24)12-13(19)10(6-17)15(23)20-14(12)11(7-18)21-22/h2-5H,1H3,(H3,19,20,23). The SMILES string of the molecule is Cc1ccc(-n2nc(C#N)c3[nH]c(=O)c(C#N)c(N)c3c2=O)cc1. The van der Waals surface area contributed by atoms with Gasteiger partial charge in [-0.25, -0.2) is 0 Å². The molecule has 0 aliphatic carbocycles. The number of H-pyrrole nitrogens is 1. The number of hydrogen-bond acceptors (Lipinski definition) is 6. The van der Waals surface area contributed by atoms with Crippen LogP contribution in [0.4, 0.5) is 5.69 Å². The summed E-state index contributed by atoms with van der Waals surface area (Å²) in [7, 11) is 0. The largest absolute Gasteiger partial charge is 0.397 e. The van der Waals surface area contributed by atoms with Gasteiger partial charge in [0.05, 0.1) is 22.3 Å². The highest BCUT2D eigenvalue weighted by Gasteiger charge is 2.19. The first kappa shape index (κ1) is 15.0. The number of nitriles is 2. The molecule has 3 N–H and O–H groups in total. The Hall–Kier alpha value is -3.91. The maximum Gasteiger partial charge on any atom is 0.283 e. The molecular formula is C16H10N6O2. The minimum Gasteiger partial charge on any atom is -0.397 e. The van der Waals surface area contributed by atoms with Gasteiger partial charge >= 0.3 is 0 Å². The Kier molecular flexibility index (Phi) is 3.36. The fourth-order valence-corrected chi connectivity index (χ4v) is 2.37. The van der Waals surface area contributed by atoms with Crippen molar-refractivity contribution < 1.29 is 0 Å². The minimum absolute atomic E-state index is 0.0765. The van der Waals surface area contributed by atoms with Crippen LogP contribution in [0.2, 0.25) is 0 Å². The molecule has 0 bridgehead atoms. The van der Waals surface area contributed by atoms with E-state index in [9.17, 15) is 14.9 Å². The van der Waals surface area contributed by atoms with Crippen LogP contribution in [0.25, 0.3) is 16.6 Å². The van der Waals surface area contributed by atoms with Crippen LogP contribution in [0, 0.1) is 29.6 Å². The summed E-state index contributed by atoms with van der Waals surface area (Å²) in [5.41, 5.74) is 4.99. The molecule has 1 aromatic carbocycles. The number of nitrogen functional groups attached to an aromatic ring is 1. The van der Waals surface area contributed by atoms with E-state index in [1.165, 1.54) is 0 Å². The van der Waals surface area contributed by atoms with Crippen molar-refractivity contribution in [2.24, 2.45) is 0 Å². The summed E-state index contributed by atoms with van der Waals surface area (Å²) >= 11 is 0. The average molecular weight is 318 g/mol. The van der Waals surface area contributed by atoms with Crippen molar-refractivity contribution in [2.75, 3.05) is 5.73 Å². The summed E-state index contributed by atoms with van der Waals surface area (Å²) in [4.78, 5) is 27.0. The van der Waals surface area contributed by atoms with Gasteiger partial charge in [-0.15, -0.1) is 0 Å². The number of pyridine rings is 1. The molecule has 8 heteroatoms. The van der Waals surface area contributed by atoms with Crippen LogP contribution in [0.3, 0.4) is 0 Å². The van der Waals surface area contributed by atoms with Crippen molar-refractivity contribution in [3.63, 3.8) is 0 Å². The van der Waals surface area contributed by atoms with E-state index in [0.29, 0.717) is 5.69 Å². The Balaban J connectivity index is 2.52. The molecule has 0 radical (unpaired) electrons. The van der Waals surface area contributed by atoms with Crippen LogP contribution < -0.4 is 16.9 Å². The van der Waals surface area contributed by atoms with Gasteiger partial charge in [0, 0.05) is 0 Å². The Bertz CT molecular complexity index is 1170. The number of fused-ring (bicyclic) bond motifs is 1. The Labute approximate surface area is 135 Å². The molecule has 2 heterocycles. The van der Waals surface area contributed by atoms with Crippen molar-refractivity contribution in [3.8, 4) is 17.8 Å². The number of rotatable bonds is 1. The topological polar surface area (TPSA) is 141 Å². The minimum atomic E-state index is -0.770. The third-order valence-electron chi connectivity index (χ3n) is 3.59. The van der Waals surface area contributed by atoms with E-state index in [1.54, 1.807) is 30.3 Å². The number of hydrogen-bond donors (Lipinski definition) is 2. The summed E-state index contributed by atoms with van der Waals surface area (Å²) in [6.45, 7) is 1.89. The van der Waals surface area contributed by atoms with Crippen LogP contribution in [0.15, 0.2) is 33.9 Å². The van der Waals surface area contributed by atoms with Gasteiger partial charge in [0.1, 0.15) is 17.7 Å². The molecule has 3 aromatic rings. The highest BCUT2D eigenvalue weighted by atomic mass is 16.1. The molecule has 0 aliphatic heterocycles. The van der Waals surface area contributed by atoms with E-state index < -0.39 is 11.1 Å². The number of aromatic amines is 1. The molecule has 0 amide bonds. The lowest BCUT2D eigenvalue weighted by Gasteiger charge is -2.09. The van der Waals surface area contributed by atoms with Crippen molar-refractivity contribution in [1.29, 1.82) is 10.5 Å². The number of aryl methyl sites for hydroxylation is 1. The Morgan fingerprint density at radius 3 is 2.42 bits per heavy atom. The number of anilines is 1. The van der Waals surface area contributed by atoms with Gasteiger partial charge in [0.2, 0.25) is 0 Å². The molecule has 2 aromatic heterocycles. The summed E-state index contributed by atoms with van der Waals surface area (Å²) in [5.74, 6) is 0. The van der Waals surface area contributed by atoms with Crippen LogP contribution in [0.5, 0.6) is 0 Å². The average Bonchev–Trinajstić information content (AvgIpc) is 2.56. The first-order chi connectivity index (χ1) is 11.5. The number of benzene rings is 1. The van der Waals surface area contributed by atoms with Gasteiger partial charge in [-0.2, -0.15) is 20.3 Å². The maximum atomic E-state index is 12.8. The lowest BCUT2D eigenvalue weighted by Crippen LogP contribution is -2.26. The maximum absolute atomic E-state index is 12.8. The van der Waals surface area contributed by atoms with Gasteiger partial charge in [-0.05, 0) is 19.1 Å². The van der Waals surface area contributed by atoms with Gasteiger partial charge in [-0.3, -0.25) is 9.59 Å². The van der Waals surface area contributed by atoms with Gasteiger partial charge in [-0.1, -0.05) is 17.7 Å². The van der Waals surface area contributed by atoms with E-state index in [0.717, 1.165) is 10.2 Å². The van der Waals surface area contributed by atoms with Gasteiger partial charge in [0.25, 0.3) is 11.1 Å². The van der Waals surface area contributed by atoms with E-state index in [-0.39, 0.29) is 27.8 Å². The second-order valence-corrected chi connectivity index (χ2v) is 5.12. The fourth-order valence-electron chi connectivity index (χ4n) is 2.37. The molecule has 3 rings (SSSR count). The normalized spacial score (nSPS) is 10.3. The van der Waals surface area contributed by atoms with Crippen molar-refractivity contribution in [3.05, 3.63) is 61.8 Å². The molecule has 0 fully saturated rings. The zero-order chi connectivity index (χ0) is 17.4. The van der Waals surface area contributed by atoms with Crippen LogP contribution in [0.1, 0.15) is 16.8 Å². The van der Waals surface area contributed by atoms with Crippen molar-refractivity contribution in [2.45, 2.75) is 6.92 Å². The smallest absolute Gasteiger partial charge is 0.283 e. The molecule has 0 atom stereocenters. The first-order valence-electron chi connectivity index (χ1n) is 6.84. The molecule has 8 nitrogen and oxygen atoms in total. The summed E-state index contributed by atoms with van der Waals surface area (Å²) in [5, 5.41) is 22.2. The quantitative estimate of drug-likeness (QED) is 0.676. The molecule has 0 spiro atoms. The predicted octanol–water partition coefficient (Wildman–Crippen LogP) is 0.708. The number of nitrogens with zero attached hydrogens (tertiary/aromatic N) is 4. The van der Waals surface area contributed by atoms with Crippen molar-refractivity contribution >= 4 is 16.6 Å². The van der Waals surface area contributed by atoms with Gasteiger partial charge < -0.3 is 10.7 Å². The van der Waals surface area contributed by atoms with E-state index >= 15 is 0 Å². The van der Waals surface area contributed by atoms with Crippen LogP contribution >= 0.6 is 0 Å². The number of nitrogens with two attached hydrogens (primary N) is 1. The lowest BCUT2D eigenvalue weighted by molar-refractivity contribution is 0.810. The molecule has 116 valence electrons. The van der Waals surface area contributed by atoms with E-state index in [2.05, 4.69) is 10.1 Å². The summed E-state index contributed by atoms with van der Waals surface area (Å²) in [6, 6.07) is 10.4.